The van der Waals surface area contributed by atoms with Gasteiger partial charge in [0.1, 0.15) is 0 Å². The molecule has 1 saturated carbocycles. The molecule has 0 aliphatic heterocycles. The summed E-state index contributed by atoms with van der Waals surface area (Å²) < 4.78 is 0. The fourth-order valence-electron chi connectivity index (χ4n) is 3.88. The molecule has 1 heteroatoms. The molecule has 0 aromatic rings. The highest BCUT2D eigenvalue weighted by Gasteiger charge is 2.39. The Morgan fingerprint density at radius 2 is 1.79 bits per heavy atom. The smallest absolute Gasteiger partial charge is 0.0545 e. The molecule has 0 saturated heterocycles. The minimum absolute atomic E-state index is 0.521. The van der Waals surface area contributed by atoms with E-state index in [1.54, 1.807) is 0 Å². The van der Waals surface area contributed by atoms with Gasteiger partial charge in [0.2, 0.25) is 0 Å². The molecule has 1 atom stereocenters. The zero-order chi connectivity index (χ0) is 14.5. The molecule has 0 radical (unpaired) electrons. The third kappa shape index (κ3) is 5.09. The lowest BCUT2D eigenvalue weighted by molar-refractivity contribution is 0.246. The van der Waals surface area contributed by atoms with E-state index in [0.29, 0.717) is 5.41 Å². The van der Waals surface area contributed by atoms with Gasteiger partial charge in [0.15, 0.2) is 0 Å². The van der Waals surface area contributed by atoms with E-state index in [1.807, 2.05) is 0 Å². The first-order valence-corrected chi connectivity index (χ1v) is 11.7. The first-order chi connectivity index (χ1) is 8.82. The van der Waals surface area contributed by atoms with Crippen LogP contribution < -0.4 is 0 Å². The normalized spacial score (nSPS) is 20.3. The Hall–Kier alpha value is -0.0431. The summed E-state index contributed by atoms with van der Waals surface area (Å²) in [6, 6.07) is 1.30. The molecule has 0 N–H and O–H groups in total. The molecule has 0 spiro atoms. The van der Waals surface area contributed by atoms with E-state index in [4.69, 9.17) is 0 Å². The average molecular weight is 281 g/mol. The largest absolute Gasteiger partial charge is 0.103 e. The third-order valence-corrected chi connectivity index (χ3v) is 9.65. The van der Waals surface area contributed by atoms with Crippen LogP contribution in [-0.2, 0) is 0 Å². The van der Waals surface area contributed by atoms with Crippen LogP contribution in [0.15, 0.2) is 12.7 Å². The predicted octanol–water partition coefficient (Wildman–Crippen LogP) is 6.66. The Morgan fingerprint density at radius 1 is 1.21 bits per heavy atom. The van der Waals surface area contributed by atoms with Crippen LogP contribution in [0.4, 0.5) is 0 Å². The van der Waals surface area contributed by atoms with Crippen molar-refractivity contribution in [2.75, 3.05) is 0 Å². The highest BCUT2D eigenvalue weighted by atomic mass is 28.3. The minimum atomic E-state index is -1.16. The molecule has 0 heterocycles. The van der Waals surface area contributed by atoms with Gasteiger partial charge in [-0.05, 0) is 29.3 Å². The van der Waals surface area contributed by atoms with E-state index in [0.717, 1.165) is 11.5 Å². The highest BCUT2D eigenvalue weighted by molar-refractivity contribution is 6.79. The van der Waals surface area contributed by atoms with Crippen molar-refractivity contribution >= 4 is 8.07 Å². The summed E-state index contributed by atoms with van der Waals surface area (Å²) in [5, 5.41) is 0. The highest BCUT2D eigenvalue weighted by Crippen LogP contribution is 2.47. The van der Waals surface area contributed by atoms with Gasteiger partial charge in [-0.2, -0.15) is 0 Å². The summed E-state index contributed by atoms with van der Waals surface area (Å²) in [4.78, 5) is 0. The van der Waals surface area contributed by atoms with E-state index in [2.05, 4.69) is 46.5 Å². The van der Waals surface area contributed by atoms with Crippen LogP contribution in [0.5, 0.6) is 0 Å². The number of hydrogen-bond acceptors (Lipinski definition) is 0. The summed E-state index contributed by atoms with van der Waals surface area (Å²) in [6.45, 7) is 16.6. The van der Waals surface area contributed by atoms with Crippen molar-refractivity contribution in [1.29, 1.82) is 0 Å². The minimum Gasteiger partial charge on any atom is -0.103 e. The van der Waals surface area contributed by atoms with Gasteiger partial charge >= 0.3 is 0 Å². The van der Waals surface area contributed by atoms with Gasteiger partial charge in [-0.25, -0.2) is 0 Å². The monoisotopic (exact) mass is 280 g/mol. The van der Waals surface area contributed by atoms with Crippen molar-refractivity contribution in [2.24, 2.45) is 11.3 Å². The zero-order valence-corrected chi connectivity index (χ0v) is 15.1. The summed E-state index contributed by atoms with van der Waals surface area (Å²) in [6.07, 6.45) is 12.4. The molecule has 0 bridgehead atoms. The van der Waals surface area contributed by atoms with Gasteiger partial charge in [0.05, 0.1) is 8.07 Å². The maximum atomic E-state index is 4.02. The summed E-state index contributed by atoms with van der Waals surface area (Å²) in [5.41, 5.74) is 1.52. The second-order valence-corrected chi connectivity index (χ2v) is 13.3. The fourth-order valence-corrected chi connectivity index (χ4v) is 7.64. The second kappa shape index (κ2) is 7.11. The maximum absolute atomic E-state index is 4.02. The van der Waals surface area contributed by atoms with Crippen molar-refractivity contribution in [3.63, 3.8) is 0 Å². The lowest BCUT2D eigenvalue weighted by Gasteiger charge is -2.43. The molecule has 0 aromatic heterocycles. The van der Waals surface area contributed by atoms with Crippen LogP contribution in [-0.4, -0.2) is 8.07 Å². The third-order valence-electron chi connectivity index (χ3n) is 5.62. The van der Waals surface area contributed by atoms with Crippen LogP contribution in [0, 0.1) is 11.3 Å². The van der Waals surface area contributed by atoms with E-state index < -0.39 is 8.07 Å². The molecule has 1 unspecified atom stereocenters. The fraction of sp³-hybridized carbons (Fsp3) is 0.889. The number of allylic oxidation sites excluding steroid dienone is 1. The first-order valence-electron chi connectivity index (χ1n) is 8.43. The number of hydrogen-bond donors (Lipinski definition) is 0. The quantitative estimate of drug-likeness (QED) is 0.361. The van der Waals surface area contributed by atoms with Gasteiger partial charge in [0.25, 0.3) is 0 Å². The molecule has 1 aliphatic rings. The Balaban J connectivity index is 2.85. The summed E-state index contributed by atoms with van der Waals surface area (Å²) >= 11 is 0. The first kappa shape index (κ1) is 17.0. The van der Waals surface area contributed by atoms with Crippen molar-refractivity contribution in [2.45, 2.75) is 90.4 Å². The Kier molecular flexibility index (Phi) is 6.36. The van der Waals surface area contributed by atoms with Crippen molar-refractivity contribution in [1.82, 2.24) is 0 Å². The van der Waals surface area contributed by atoms with Crippen LogP contribution in [0.3, 0.4) is 0 Å². The molecule has 0 nitrogen and oxygen atoms in total. The topological polar surface area (TPSA) is 0 Å². The van der Waals surface area contributed by atoms with Crippen molar-refractivity contribution in [3.05, 3.63) is 12.7 Å². The SMILES string of the molecule is C=CC[Si](C)(C)C(CC(C)(C)CC)C1CCCCC1. The summed E-state index contributed by atoms with van der Waals surface area (Å²) in [7, 11) is -1.16. The molecule has 19 heavy (non-hydrogen) atoms. The zero-order valence-electron chi connectivity index (χ0n) is 14.1. The van der Waals surface area contributed by atoms with Gasteiger partial charge in [-0.3, -0.25) is 0 Å². The van der Waals surface area contributed by atoms with Gasteiger partial charge in [0, 0.05) is 0 Å². The standard InChI is InChI=1S/C18H36Si/c1-7-14-19(5,6)17(15-18(3,4)8-2)16-12-10-9-11-13-16/h7,16-17H,1,8-15H2,2-6H3. The lowest BCUT2D eigenvalue weighted by Crippen LogP contribution is -2.39. The summed E-state index contributed by atoms with van der Waals surface area (Å²) in [5.74, 6) is 1.01. The van der Waals surface area contributed by atoms with Crippen LogP contribution in [0.25, 0.3) is 0 Å². The van der Waals surface area contributed by atoms with Gasteiger partial charge in [-0.15, -0.1) is 6.58 Å². The Labute approximate surface area is 123 Å². The van der Waals surface area contributed by atoms with Crippen molar-refractivity contribution < 1.29 is 0 Å². The van der Waals surface area contributed by atoms with E-state index in [1.165, 1.54) is 51.0 Å². The molecular weight excluding hydrogens is 244 g/mol. The van der Waals surface area contributed by atoms with Crippen LogP contribution >= 0.6 is 0 Å². The van der Waals surface area contributed by atoms with Crippen LogP contribution in [0.2, 0.25) is 24.7 Å². The molecule has 0 amide bonds. The number of rotatable bonds is 7. The Morgan fingerprint density at radius 3 is 2.26 bits per heavy atom. The van der Waals surface area contributed by atoms with Gasteiger partial charge < -0.3 is 0 Å². The van der Waals surface area contributed by atoms with E-state index in [9.17, 15) is 0 Å². The molecule has 112 valence electrons. The van der Waals surface area contributed by atoms with E-state index >= 15 is 0 Å². The van der Waals surface area contributed by atoms with Gasteiger partial charge in [-0.1, -0.05) is 78.5 Å². The molecule has 1 rings (SSSR count). The lowest BCUT2D eigenvalue weighted by atomic mass is 9.78. The molecule has 0 aromatic carbocycles. The molecular formula is C18H36Si. The van der Waals surface area contributed by atoms with E-state index in [-0.39, 0.29) is 0 Å². The predicted molar refractivity (Wildman–Crippen MR) is 91.5 cm³/mol. The second-order valence-electron chi connectivity index (χ2n) is 8.21. The van der Waals surface area contributed by atoms with Crippen LogP contribution in [0.1, 0.15) is 65.7 Å². The van der Waals surface area contributed by atoms with Crippen molar-refractivity contribution in [3.8, 4) is 0 Å². The Bertz CT molecular complexity index is 271. The molecule has 1 aliphatic carbocycles. The average Bonchev–Trinajstić information content (AvgIpc) is 2.37. The molecule has 1 fully saturated rings. The maximum Gasteiger partial charge on any atom is 0.0545 e.